The Balaban J connectivity index is 2.30. The van der Waals surface area contributed by atoms with Gasteiger partial charge < -0.3 is 9.47 Å². The molecular weight excluding hydrogens is 204 g/mol. The zero-order valence-electron chi connectivity index (χ0n) is 9.64. The second-order valence-electron chi connectivity index (χ2n) is 3.78. The quantitative estimate of drug-likeness (QED) is 0.688. The van der Waals surface area contributed by atoms with Crippen LogP contribution < -0.4 is 4.74 Å². The van der Waals surface area contributed by atoms with Crippen LogP contribution in [0.4, 0.5) is 0 Å². The van der Waals surface area contributed by atoms with E-state index in [9.17, 15) is 0 Å². The molecule has 4 heteroatoms. The van der Waals surface area contributed by atoms with Crippen molar-refractivity contribution >= 4 is 0 Å². The fourth-order valence-electron chi connectivity index (χ4n) is 1.12. The molecule has 0 unspecified atom stereocenters. The van der Waals surface area contributed by atoms with Crippen LogP contribution in [0.15, 0.2) is 18.3 Å². The van der Waals surface area contributed by atoms with Gasteiger partial charge in [-0.15, -0.1) is 0 Å². The Morgan fingerprint density at radius 1 is 1.44 bits per heavy atom. The van der Waals surface area contributed by atoms with E-state index in [1.54, 1.807) is 18.3 Å². The molecule has 1 aromatic rings. The summed E-state index contributed by atoms with van der Waals surface area (Å²) in [6.07, 6.45) is 1.57. The Labute approximate surface area is 95.8 Å². The minimum absolute atomic E-state index is 0.311. The first-order valence-electron chi connectivity index (χ1n) is 5.29. The highest BCUT2D eigenvalue weighted by molar-refractivity contribution is 5.36. The van der Waals surface area contributed by atoms with Crippen LogP contribution in [0.25, 0.3) is 0 Å². The van der Waals surface area contributed by atoms with E-state index in [1.165, 1.54) is 0 Å². The molecule has 0 atom stereocenters. The lowest BCUT2D eigenvalue weighted by molar-refractivity contribution is 0.0817. The number of hydrogen-bond acceptors (Lipinski definition) is 4. The monoisotopic (exact) mass is 220 g/mol. The summed E-state index contributed by atoms with van der Waals surface area (Å²) >= 11 is 0. The molecular formula is C12H16N2O2. The van der Waals surface area contributed by atoms with Crippen molar-refractivity contribution in [1.82, 2.24) is 4.98 Å². The third kappa shape index (κ3) is 4.28. The molecule has 0 saturated heterocycles. The van der Waals surface area contributed by atoms with Gasteiger partial charge in [0.15, 0.2) is 11.4 Å². The largest absolute Gasteiger partial charge is 0.488 e. The van der Waals surface area contributed by atoms with Gasteiger partial charge in [0.2, 0.25) is 0 Å². The van der Waals surface area contributed by atoms with Gasteiger partial charge in [0.1, 0.15) is 12.7 Å². The number of rotatable bonds is 6. The van der Waals surface area contributed by atoms with Crippen LogP contribution in [-0.4, -0.2) is 24.8 Å². The summed E-state index contributed by atoms with van der Waals surface area (Å²) in [5, 5.41) is 8.77. The molecule has 86 valence electrons. The fourth-order valence-corrected chi connectivity index (χ4v) is 1.12. The molecule has 0 aromatic carbocycles. The molecule has 0 fully saturated rings. The normalized spacial score (nSPS) is 10.1. The molecule has 4 nitrogen and oxygen atoms in total. The van der Waals surface area contributed by atoms with Crippen molar-refractivity contribution in [1.29, 1.82) is 5.26 Å². The predicted molar refractivity (Wildman–Crippen MR) is 60.1 cm³/mol. The molecule has 0 saturated carbocycles. The zero-order valence-corrected chi connectivity index (χ0v) is 9.64. The molecule has 0 aliphatic heterocycles. The Hall–Kier alpha value is -1.60. The van der Waals surface area contributed by atoms with Crippen molar-refractivity contribution < 1.29 is 9.47 Å². The van der Waals surface area contributed by atoms with Crippen molar-refractivity contribution in [3.05, 3.63) is 24.0 Å². The molecule has 0 spiro atoms. The van der Waals surface area contributed by atoms with Gasteiger partial charge in [-0.2, -0.15) is 5.26 Å². The summed E-state index contributed by atoms with van der Waals surface area (Å²) in [5.74, 6) is 1.03. The molecule has 0 bridgehead atoms. The number of pyridine rings is 1. The number of nitrogens with zero attached hydrogens (tertiary/aromatic N) is 2. The highest BCUT2D eigenvalue weighted by Crippen LogP contribution is 2.13. The van der Waals surface area contributed by atoms with Crippen molar-refractivity contribution in [3.8, 4) is 11.8 Å². The first-order valence-corrected chi connectivity index (χ1v) is 5.29. The maximum absolute atomic E-state index is 8.77. The summed E-state index contributed by atoms with van der Waals surface area (Å²) in [7, 11) is 0. The van der Waals surface area contributed by atoms with E-state index in [2.05, 4.69) is 18.8 Å². The molecule has 0 N–H and O–H groups in total. The SMILES string of the molecule is CC(C)COCCOc1cccnc1C#N. The van der Waals surface area contributed by atoms with E-state index < -0.39 is 0 Å². The maximum Gasteiger partial charge on any atom is 0.182 e. The Kier molecular flexibility index (Phi) is 5.30. The predicted octanol–water partition coefficient (Wildman–Crippen LogP) is 2.00. The topological polar surface area (TPSA) is 55.1 Å². The molecule has 1 rings (SSSR count). The average Bonchev–Trinajstić information content (AvgIpc) is 2.29. The standard InChI is InChI=1S/C12H16N2O2/c1-10(2)9-15-6-7-16-12-4-3-5-14-11(12)8-13/h3-5,10H,6-7,9H2,1-2H3. The number of nitriles is 1. The van der Waals surface area contributed by atoms with E-state index in [-0.39, 0.29) is 0 Å². The summed E-state index contributed by atoms with van der Waals surface area (Å²) in [5.41, 5.74) is 0.311. The number of aromatic nitrogens is 1. The van der Waals surface area contributed by atoms with E-state index in [0.717, 1.165) is 6.61 Å². The summed E-state index contributed by atoms with van der Waals surface area (Å²) in [4.78, 5) is 3.90. The lowest BCUT2D eigenvalue weighted by Gasteiger charge is -2.08. The van der Waals surface area contributed by atoms with Gasteiger partial charge >= 0.3 is 0 Å². The fraction of sp³-hybridized carbons (Fsp3) is 0.500. The van der Waals surface area contributed by atoms with E-state index in [1.807, 2.05) is 6.07 Å². The summed E-state index contributed by atoms with van der Waals surface area (Å²) in [6, 6.07) is 5.45. The molecule has 1 heterocycles. The Morgan fingerprint density at radius 2 is 2.25 bits per heavy atom. The summed E-state index contributed by atoms with van der Waals surface area (Å²) < 4.78 is 10.8. The molecule has 0 aliphatic rings. The third-order valence-corrected chi connectivity index (χ3v) is 1.81. The van der Waals surface area contributed by atoms with Gasteiger partial charge in [0.25, 0.3) is 0 Å². The van der Waals surface area contributed by atoms with E-state index in [4.69, 9.17) is 14.7 Å². The van der Waals surface area contributed by atoms with Gasteiger partial charge in [0.05, 0.1) is 6.61 Å². The molecule has 0 radical (unpaired) electrons. The lowest BCUT2D eigenvalue weighted by atomic mass is 10.2. The van der Waals surface area contributed by atoms with Gasteiger partial charge in [0, 0.05) is 12.8 Å². The molecule has 0 aliphatic carbocycles. The van der Waals surface area contributed by atoms with Crippen LogP contribution in [0.2, 0.25) is 0 Å². The second-order valence-corrected chi connectivity index (χ2v) is 3.78. The highest BCUT2D eigenvalue weighted by Gasteiger charge is 2.02. The van der Waals surface area contributed by atoms with E-state index in [0.29, 0.717) is 30.6 Å². The van der Waals surface area contributed by atoms with Crippen LogP contribution in [0.3, 0.4) is 0 Å². The molecule has 16 heavy (non-hydrogen) atoms. The van der Waals surface area contributed by atoms with E-state index >= 15 is 0 Å². The third-order valence-electron chi connectivity index (χ3n) is 1.81. The van der Waals surface area contributed by atoms with Crippen molar-refractivity contribution in [2.45, 2.75) is 13.8 Å². The Bertz CT molecular complexity index is 358. The van der Waals surface area contributed by atoms with Crippen LogP contribution >= 0.6 is 0 Å². The van der Waals surface area contributed by atoms with Crippen LogP contribution in [0.5, 0.6) is 5.75 Å². The lowest BCUT2D eigenvalue weighted by Crippen LogP contribution is -2.10. The minimum Gasteiger partial charge on any atom is -0.488 e. The minimum atomic E-state index is 0.311. The van der Waals surface area contributed by atoms with Crippen LogP contribution in [0.1, 0.15) is 19.5 Å². The number of hydrogen-bond donors (Lipinski definition) is 0. The highest BCUT2D eigenvalue weighted by atomic mass is 16.5. The van der Waals surface area contributed by atoms with Crippen LogP contribution in [-0.2, 0) is 4.74 Å². The smallest absolute Gasteiger partial charge is 0.182 e. The van der Waals surface area contributed by atoms with Gasteiger partial charge in [-0.25, -0.2) is 4.98 Å². The van der Waals surface area contributed by atoms with Crippen molar-refractivity contribution in [2.75, 3.05) is 19.8 Å². The zero-order chi connectivity index (χ0) is 11.8. The summed E-state index contributed by atoms with van der Waals surface area (Å²) in [6.45, 7) is 5.87. The van der Waals surface area contributed by atoms with Crippen LogP contribution in [0, 0.1) is 17.2 Å². The Morgan fingerprint density at radius 3 is 2.94 bits per heavy atom. The van der Waals surface area contributed by atoms with Crippen molar-refractivity contribution in [2.24, 2.45) is 5.92 Å². The maximum atomic E-state index is 8.77. The number of ether oxygens (including phenoxy) is 2. The van der Waals surface area contributed by atoms with Gasteiger partial charge in [-0.3, -0.25) is 0 Å². The first-order chi connectivity index (χ1) is 7.74. The first kappa shape index (κ1) is 12.5. The second kappa shape index (κ2) is 6.81. The molecule has 0 amide bonds. The molecule has 1 aromatic heterocycles. The average molecular weight is 220 g/mol. The van der Waals surface area contributed by atoms with Gasteiger partial charge in [-0.05, 0) is 18.1 Å². The van der Waals surface area contributed by atoms with Crippen molar-refractivity contribution in [3.63, 3.8) is 0 Å². The van der Waals surface area contributed by atoms with Gasteiger partial charge in [-0.1, -0.05) is 13.8 Å².